The van der Waals surface area contributed by atoms with Gasteiger partial charge in [0, 0.05) is 17.6 Å². The number of likely N-dealkylation sites (N-methyl/N-ethyl adjacent to an activating group) is 1. The van der Waals surface area contributed by atoms with E-state index >= 15 is 0 Å². The maximum atomic E-state index is 12.2. The van der Waals surface area contributed by atoms with Crippen LogP contribution < -0.4 is 5.32 Å². The van der Waals surface area contributed by atoms with E-state index in [1.807, 2.05) is 24.3 Å². The van der Waals surface area contributed by atoms with Crippen LogP contribution in [0.1, 0.15) is 41.7 Å². The van der Waals surface area contributed by atoms with Crippen molar-refractivity contribution >= 4 is 17.5 Å². The molecule has 23 heavy (non-hydrogen) atoms. The summed E-state index contributed by atoms with van der Waals surface area (Å²) in [6.07, 6.45) is 0. The standard InChI is InChI=1S/C17H22ClN3O2/c1-4-21(5-2)15(13-8-6-7-9-14(13)18)11-19-17(22)16-10-12(3)20-23-16/h6-10,15H,4-5,11H2,1-3H3,(H,19,22). The number of aromatic nitrogens is 1. The highest BCUT2D eigenvalue weighted by atomic mass is 35.5. The van der Waals surface area contributed by atoms with Gasteiger partial charge in [0.1, 0.15) is 0 Å². The van der Waals surface area contributed by atoms with E-state index in [0.717, 1.165) is 18.7 Å². The number of hydrogen-bond donors (Lipinski definition) is 1. The number of carbonyl (C=O) groups excluding carboxylic acids is 1. The molecule has 0 aliphatic rings. The van der Waals surface area contributed by atoms with Crippen LogP contribution >= 0.6 is 11.6 Å². The van der Waals surface area contributed by atoms with E-state index in [4.69, 9.17) is 16.1 Å². The number of carbonyl (C=O) groups is 1. The van der Waals surface area contributed by atoms with E-state index in [-0.39, 0.29) is 17.7 Å². The van der Waals surface area contributed by atoms with Gasteiger partial charge in [0.05, 0.1) is 11.7 Å². The Balaban J connectivity index is 2.15. The fourth-order valence-corrected chi connectivity index (χ4v) is 2.85. The topological polar surface area (TPSA) is 58.4 Å². The fourth-order valence-electron chi connectivity index (χ4n) is 2.59. The number of halogens is 1. The molecule has 0 saturated carbocycles. The third-order valence-corrected chi connectivity index (χ3v) is 4.17. The fraction of sp³-hybridized carbons (Fsp3) is 0.412. The quantitative estimate of drug-likeness (QED) is 0.842. The first kappa shape index (κ1) is 17.5. The molecule has 1 amide bonds. The SMILES string of the molecule is CCN(CC)C(CNC(=O)c1cc(C)no1)c1ccccc1Cl. The van der Waals surface area contributed by atoms with Gasteiger partial charge < -0.3 is 9.84 Å². The average molecular weight is 336 g/mol. The Morgan fingerprint density at radius 3 is 2.61 bits per heavy atom. The highest BCUT2D eigenvalue weighted by molar-refractivity contribution is 6.31. The van der Waals surface area contributed by atoms with Crippen LogP contribution in [0.4, 0.5) is 0 Å². The summed E-state index contributed by atoms with van der Waals surface area (Å²) >= 11 is 6.34. The number of rotatable bonds is 7. The van der Waals surface area contributed by atoms with Crippen LogP contribution in [0.15, 0.2) is 34.9 Å². The van der Waals surface area contributed by atoms with Gasteiger partial charge in [-0.25, -0.2) is 0 Å². The molecule has 2 rings (SSSR count). The molecule has 5 nitrogen and oxygen atoms in total. The van der Waals surface area contributed by atoms with Crippen molar-refractivity contribution < 1.29 is 9.32 Å². The van der Waals surface area contributed by atoms with Crippen molar-refractivity contribution in [1.29, 1.82) is 0 Å². The number of benzene rings is 1. The predicted octanol–water partition coefficient (Wildman–Crippen LogP) is 3.45. The van der Waals surface area contributed by atoms with Gasteiger partial charge in [-0.3, -0.25) is 9.69 Å². The second-order valence-corrected chi connectivity index (χ2v) is 5.71. The molecule has 0 fully saturated rings. The van der Waals surface area contributed by atoms with Crippen molar-refractivity contribution in [2.24, 2.45) is 0 Å². The molecular formula is C17H22ClN3O2. The van der Waals surface area contributed by atoms with Gasteiger partial charge >= 0.3 is 0 Å². The normalized spacial score (nSPS) is 12.4. The smallest absolute Gasteiger partial charge is 0.289 e. The van der Waals surface area contributed by atoms with Crippen LogP contribution in [-0.4, -0.2) is 35.6 Å². The summed E-state index contributed by atoms with van der Waals surface area (Å²) in [6.45, 7) is 8.14. The molecule has 0 aliphatic carbocycles. The molecule has 1 aromatic heterocycles. The number of nitrogens with zero attached hydrogens (tertiary/aromatic N) is 2. The molecule has 124 valence electrons. The summed E-state index contributed by atoms with van der Waals surface area (Å²) in [6, 6.07) is 9.36. The number of aryl methyl sites for hydroxylation is 1. The van der Waals surface area contributed by atoms with E-state index in [2.05, 4.69) is 29.2 Å². The molecule has 1 atom stereocenters. The lowest BCUT2D eigenvalue weighted by atomic mass is 10.0. The second-order valence-electron chi connectivity index (χ2n) is 5.30. The maximum absolute atomic E-state index is 12.2. The second kappa shape index (κ2) is 8.13. The van der Waals surface area contributed by atoms with Crippen LogP contribution in [0.5, 0.6) is 0 Å². The zero-order valence-electron chi connectivity index (χ0n) is 13.7. The monoisotopic (exact) mass is 335 g/mol. The summed E-state index contributed by atoms with van der Waals surface area (Å²) in [5.41, 5.74) is 1.69. The van der Waals surface area contributed by atoms with Crippen LogP contribution in [0.25, 0.3) is 0 Å². The molecule has 0 spiro atoms. The van der Waals surface area contributed by atoms with Crippen LogP contribution in [0.2, 0.25) is 5.02 Å². The van der Waals surface area contributed by atoms with Crippen LogP contribution in [-0.2, 0) is 0 Å². The van der Waals surface area contributed by atoms with Crippen molar-refractivity contribution in [2.75, 3.05) is 19.6 Å². The van der Waals surface area contributed by atoms with Gasteiger partial charge in [-0.2, -0.15) is 0 Å². The predicted molar refractivity (Wildman–Crippen MR) is 90.7 cm³/mol. The van der Waals surface area contributed by atoms with Crippen molar-refractivity contribution in [3.8, 4) is 0 Å². The Bertz CT molecular complexity index is 653. The average Bonchev–Trinajstić information content (AvgIpc) is 2.98. The Hall–Kier alpha value is -1.85. The molecule has 0 bridgehead atoms. The molecule has 1 heterocycles. The number of amides is 1. The first-order chi connectivity index (χ1) is 11.1. The largest absolute Gasteiger partial charge is 0.351 e. The number of nitrogens with one attached hydrogen (secondary N) is 1. The minimum absolute atomic E-state index is 0.00617. The van der Waals surface area contributed by atoms with Crippen LogP contribution in [0.3, 0.4) is 0 Å². The zero-order valence-corrected chi connectivity index (χ0v) is 14.4. The summed E-state index contributed by atoms with van der Waals surface area (Å²) in [7, 11) is 0. The van der Waals surface area contributed by atoms with Gasteiger partial charge in [-0.05, 0) is 31.6 Å². The highest BCUT2D eigenvalue weighted by Crippen LogP contribution is 2.27. The molecule has 1 aromatic carbocycles. The summed E-state index contributed by atoms with van der Waals surface area (Å²) in [4.78, 5) is 14.4. The van der Waals surface area contributed by atoms with Gasteiger partial charge in [0.15, 0.2) is 0 Å². The highest BCUT2D eigenvalue weighted by Gasteiger charge is 2.22. The lowest BCUT2D eigenvalue weighted by Gasteiger charge is -2.30. The van der Waals surface area contributed by atoms with Gasteiger partial charge in [-0.15, -0.1) is 0 Å². The summed E-state index contributed by atoms with van der Waals surface area (Å²) in [5.74, 6) is -0.0465. The zero-order chi connectivity index (χ0) is 16.8. The minimum atomic E-state index is -0.269. The Labute approximate surface area is 141 Å². The van der Waals surface area contributed by atoms with Crippen LogP contribution in [0, 0.1) is 6.92 Å². The third kappa shape index (κ3) is 4.33. The Morgan fingerprint density at radius 1 is 1.35 bits per heavy atom. The third-order valence-electron chi connectivity index (χ3n) is 3.83. The first-order valence-electron chi connectivity index (χ1n) is 7.76. The van der Waals surface area contributed by atoms with E-state index in [0.29, 0.717) is 17.3 Å². The van der Waals surface area contributed by atoms with E-state index < -0.39 is 0 Å². The van der Waals surface area contributed by atoms with E-state index in [1.165, 1.54) is 0 Å². The lowest BCUT2D eigenvalue weighted by molar-refractivity contribution is 0.0898. The summed E-state index contributed by atoms with van der Waals surface area (Å²) < 4.78 is 5.00. The Morgan fingerprint density at radius 2 is 2.04 bits per heavy atom. The Kier molecular flexibility index (Phi) is 6.19. The molecule has 1 N–H and O–H groups in total. The molecule has 0 aliphatic heterocycles. The first-order valence-corrected chi connectivity index (χ1v) is 8.14. The van der Waals surface area contributed by atoms with E-state index in [1.54, 1.807) is 13.0 Å². The van der Waals surface area contributed by atoms with Crippen molar-refractivity contribution in [1.82, 2.24) is 15.4 Å². The molecule has 0 radical (unpaired) electrons. The minimum Gasteiger partial charge on any atom is -0.351 e. The molecular weight excluding hydrogens is 314 g/mol. The molecule has 0 saturated heterocycles. The van der Waals surface area contributed by atoms with Crippen molar-refractivity contribution in [3.63, 3.8) is 0 Å². The lowest BCUT2D eigenvalue weighted by Crippen LogP contribution is -2.38. The molecule has 2 aromatic rings. The number of hydrogen-bond acceptors (Lipinski definition) is 4. The molecule has 6 heteroatoms. The van der Waals surface area contributed by atoms with Crippen molar-refractivity contribution in [3.05, 3.63) is 52.4 Å². The van der Waals surface area contributed by atoms with Gasteiger partial charge in [0.2, 0.25) is 5.76 Å². The van der Waals surface area contributed by atoms with Gasteiger partial charge in [0.25, 0.3) is 5.91 Å². The van der Waals surface area contributed by atoms with Gasteiger partial charge in [-0.1, -0.05) is 48.8 Å². The maximum Gasteiger partial charge on any atom is 0.289 e. The van der Waals surface area contributed by atoms with Crippen molar-refractivity contribution in [2.45, 2.75) is 26.8 Å². The molecule has 1 unspecified atom stereocenters. The summed E-state index contributed by atoms with van der Waals surface area (Å²) in [5, 5.41) is 7.35. The van der Waals surface area contributed by atoms with E-state index in [9.17, 15) is 4.79 Å².